The molecule has 146 valence electrons. The van der Waals surface area contributed by atoms with E-state index in [1.165, 1.54) is 0 Å². The summed E-state index contributed by atoms with van der Waals surface area (Å²) in [5.41, 5.74) is 1.45. The molecule has 1 aromatic heterocycles. The fourth-order valence-corrected chi connectivity index (χ4v) is 3.61. The van der Waals surface area contributed by atoms with E-state index >= 15 is 0 Å². The predicted octanol–water partition coefficient (Wildman–Crippen LogP) is 2.87. The van der Waals surface area contributed by atoms with Gasteiger partial charge in [-0.1, -0.05) is 0 Å². The number of amides is 1. The van der Waals surface area contributed by atoms with Crippen LogP contribution in [-0.4, -0.2) is 54.2 Å². The van der Waals surface area contributed by atoms with Crippen molar-refractivity contribution in [2.75, 3.05) is 32.8 Å². The Balaban J connectivity index is 1.49. The molecule has 1 aliphatic rings. The Morgan fingerprint density at radius 1 is 1.30 bits per heavy atom. The molecule has 0 atom stereocenters. The molecule has 6 nitrogen and oxygen atoms in total. The van der Waals surface area contributed by atoms with Gasteiger partial charge in [-0.05, 0) is 45.0 Å². The summed E-state index contributed by atoms with van der Waals surface area (Å²) in [5, 5.41) is 6.07. The molecule has 0 aliphatic carbocycles. The van der Waals surface area contributed by atoms with Crippen LogP contribution in [0.1, 0.15) is 34.9 Å². The lowest BCUT2D eigenvalue weighted by Crippen LogP contribution is -2.55. The second-order valence-corrected chi connectivity index (χ2v) is 8.33. The van der Waals surface area contributed by atoms with Crippen molar-refractivity contribution in [3.8, 4) is 5.75 Å². The molecule has 2 heterocycles. The van der Waals surface area contributed by atoms with Crippen LogP contribution in [0.25, 0.3) is 0 Å². The van der Waals surface area contributed by atoms with E-state index in [4.69, 9.17) is 9.47 Å². The van der Waals surface area contributed by atoms with Crippen molar-refractivity contribution in [2.45, 2.75) is 32.9 Å². The summed E-state index contributed by atoms with van der Waals surface area (Å²) in [7, 11) is 0. The van der Waals surface area contributed by atoms with Gasteiger partial charge >= 0.3 is 0 Å². The Bertz CT molecular complexity index is 752. The number of hydrogen-bond donors (Lipinski definition) is 1. The van der Waals surface area contributed by atoms with Crippen LogP contribution in [0, 0.1) is 6.92 Å². The van der Waals surface area contributed by atoms with Crippen molar-refractivity contribution in [3.63, 3.8) is 0 Å². The first-order valence-corrected chi connectivity index (χ1v) is 10.1. The zero-order chi connectivity index (χ0) is 19.3. The Labute approximate surface area is 164 Å². The molecule has 1 amide bonds. The van der Waals surface area contributed by atoms with Gasteiger partial charge in [-0.3, -0.25) is 9.69 Å². The van der Waals surface area contributed by atoms with Crippen LogP contribution in [0.2, 0.25) is 0 Å². The Morgan fingerprint density at radius 2 is 2.00 bits per heavy atom. The lowest BCUT2D eigenvalue weighted by molar-refractivity contribution is -0.00923. The third-order valence-corrected chi connectivity index (χ3v) is 5.54. The van der Waals surface area contributed by atoms with Crippen LogP contribution in [0.4, 0.5) is 0 Å². The first-order valence-electron chi connectivity index (χ1n) is 9.19. The zero-order valence-electron chi connectivity index (χ0n) is 16.2. The second kappa shape index (κ2) is 8.82. The van der Waals surface area contributed by atoms with Gasteiger partial charge in [0, 0.05) is 36.1 Å². The lowest BCUT2D eigenvalue weighted by atomic mass is 10.0. The Hall–Kier alpha value is -1.96. The number of aryl methyl sites for hydroxylation is 1. The third-order valence-electron chi connectivity index (χ3n) is 4.72. The molecule has 0 unspecified atom stereocenters. The topological polar surface area (TPSA) is 63.7 Å². The molecule has 1 fully saturated rings. The SMILES string of the molecule is Cc1nc(COc2ccc(C(=O)NCC(C)(C)N3CCOCC3)cc2)cs1. The van der Waals surface area contributed by atoms with E-state index in [0.29, 0.717) is 18.7 Å². The Kier molecular flexibility index (Phi) is 6.46. The summed E-state index contributed by atoms with van der Waals surface area (Å²) < 4.78 is 11.1. The van der Waals surface area contributed by atoms with Crippen LogP contribution in [-0.2, 0) is 11.3 Å². The summed E-state index contributed by atoms with van der Waals surface area (Å²) in [5.74, 6) is 0.656. The van der Waals surface area contributed by atoms with E-state index in [1.54, 1.807) is 23.5 Å². The van der Waals surface area contributed by atoms with Gasteiger partial charge in [0.25, 0.3) is 5.91 Å². The smallest absolute Gasteiger partial charge is 0.251 e. The van der Waals surface area contributed by atoms with Crippen LogP contribution in [0.3, 0.4) is 0 Å². The zero-order valence-corrected chi connectivity index (χ0v) is 17.0. The molecule has 7 heteroatoms. The van der Waals surface area contributed by atoms with Crippen molar-refractivity contribution in [2.24, 2.45) is 0 Å². The van der Waals surface area contributed by atoms with E-state index in [0.717, 1.165) is 42.8 Å². The van der Waals surface area contributed by atoms with Gasteiger partial charge in [-0.25, -0.2) is 4.98 Å². The minimum absolute atomic E-state index is 0.0713. The third kappa shape index (κ3) is 5.51. The van der Waals surface area contributed by atoms with Gasteiger partial charge in [0.2, 0.25) is 0 Å². The largest absolute Gasteiger partial charge is 0.487 e. The van der Waals surface area contributed by atoms with Crippen molar-refractivity contribution in [1.82, 2.24) is 15.2 Å². The van der Waals surface area contributed by atoms with Crippen molar-refractivity contribution in [1.29, 1.82) is 0 Å². The number of nitrogens with zero attached hydrogens (tertiary/aromatic N) is 2. The van der Waals surface area contributed by atoms with Crippen molar-refractivity contribution >= 4 is 17.2 Å². The maximum absolute atomic E-state index is 12.5. The molecule has 2 aromatic rings. The maximum Gasteiger partial charge on any atom is 0.251 e. The molecule has 1 saturated heterocycles. The van der Waals surface area contributed by atoms with E-state index in [9.17, 15) is 4.79 Å². The van der Waals surface area contributed by atoms with E-state index in [2.05, 4.69) is 29.0 Å². The summed E-state index contributed by atoms with van der Waals surface area (Å²) in [4.78, 5) is 19.2. The van der Waals surface area contributed by atoms with Gasteiger partial charge < -0.3 is 14.8 Å². The number of rotatable bonds is 7. The number of carbonyl (C=O) groups excluding carboxylic acids is 1. The Morgan fingerprint density at radius 3 is 2.63 bits per heavy atom. The van der Waals surface area contributed by atoms with Crippen LogP contribution in [0.5, 0.6) is 5.75 Å². The molecule has 1 aliphatic heterocycles. The van der Waals surface area contributed by atoms with E-state index < -0.39 is 0 Å². The van der Waals surface area contributed by atoms with Gasteiger partial charge in [0.1, 0.15) is 12.4 Å². The number of nitrogens with one attached hydrogen (secondary N) is 1. The highest BCUT2D eigenvalue weighted by atomic mass is 32.1. The highest BCUT2D eigenvalue weighted by molar-refractivity contribution is 7.09. The van der Waals surface area contributed by atoms with Gasteiger partial charge in [0.15, 0.2) is 0 Å². The summed E-state index contributed by atoms with van der Waals surface area (Å²) >= 11 is 1.61. The molecule has 0 spiro atoms. The number of morpholine rings is 1. The molecule has 3 rings (SSSR count). The maximum atomic E-state index is 12.5. The lowest BCUT2D eigenvalue weighted by Gasteiger charge is -2.40. The number of benzene rings is 1. The number of ether oxygens (including phenoxy) is 2. The molecule has 0 bridgehead atoms. The highest BCUT2D eigenvalue weighted by Crippen LogP contribution is 2.17. The first kappa shape index (κ1) is 19.8. The molecule has 27 heavy (non-hydrogen) atoms. The molecular weight excluding hydrogens is 362 g/mol. The van der Waals surface area contributed by atoms with Crippen LogP contribution in [0.15, 0.2) is 29.6 Å². The summed E-state index contributed by atoms with van der Waals surface area (Å²) in [6.45, 7) is 10.6. The monoisotopic (exact) mass is 389 g/mol. The van der Waals surface area contributed by atoms with Crippen LogP contribution >= 0.6 is 11.3 Å². The number of thiazole rings is 1. The summed E-state index contributed by atoms with van der Waals surface area (Å²) in [6, 6.07) is 7.22. The van der Waals surface area contributed by atoms with Crippen molar-refractivity contribution in [3.05, 3.63) is 45.9 Å². The average Bonchev–Trinajstić information content (AvgIpc) is 3.11. The second-order valence-electron chi connectivity index (χ2n) is 7.27. The fraction of sp³-hybridized carbons (Fsp3) is 0.500. The first-order chi connectivity index (χ1) is 12.9. The van der Waals surface area contributed by atoms with Crippen molar-refractivity contribution < 1.29 is 14.3 Å². The fourth-order valence-electron chi connectivity index (χ4n) is 3.01. The van der Waals surface area contributed by atoms with E-state index in [-0.39, 0.29) is 11.4 Å². The number of aromatic nitrogens is 1. The quantitative estimate of drug-likeness (QED) is 0.789. The predicted molar refractivity (Wildman–Crippen MR) is 106 cm³/mol. The van der Waals surface area contributed by atoms with Gasteiger partial charge in [-0.2, -0.15) is 0 Å². The average molecular weight is 390 g/mol. The highest BCUT2D eigenvalue weighted by Gasteiger charge is 2.28. The van der Waals surface area contributed by atoms with Gasteiger partial charge in [-0.15, -0.1) is 11.3 Å². The molecular formula is C20H27N3O3S. The van der Waals surface area contributed by atoms with Crippen LogP contribution < -0.4 is 10.1 Å². The summed E-state index contributed by atoms with van der Waals surface area (Å²) in [6.07, 6.45) is 0. The molecule has 1 N–H and O–H groups in total. The van der Waals surface area contributed by atoms with E-state index in [1.807, 2.05) is 24.4 Å². The normalized spacial score (nSPS) is 15.5. The number of carbonyl (C=O) groups is 1. The number of hydrogen-bond acceptors (Lipinski definition) is 6. The molecule has 1 aromatic carbocycles. The minimum atomic E-state index is -0.103. The molecule has 0 radical (unpaired) electrons. The minimum Gasteiger partial charge on any atom is -0.487 e. The molecule has 0 saturated carbocycles. The standard InChI is InChI=1S/C20H27N3O3S/c1-15-22-17(13-27-15)12-26-18-6-4-16(5-7-18)19(24)21-14-20(2,3)23-8-10-25-11-9-23/h4-7,13H,8-12,14H2,1-3H3,(H,21,24). The van der Waals surface area contributed by atoms with Gasteiger partial charge in [0.05, 0.1) is 23.9 Å².